The number of aromatic nitrogens is 1. The smallest absolute Gasteiger partial charge is 0.337 e. The average Bonchev–Trinajstić information content (AvgIpc) is 2.92. The van der Waals surface area contributed by atoms with Crippen LogP contribution >= 0.6 is 0 Å². The lowest BCUT2D eigenvalue weighted by Gasteiger charge is -2.26. The maximum absolute atomic E-state index is 11.7. The number of nitrogens with zero attached hydrogens (tertiary/aromatic N) is 1. The number of esters is 1. The summed E-state index contributed by atoms with van der Waals surface area (Å²) in [5.74, 6) is 1.44. The molecular weight excluding hydrogens is 286 g/mol. The molecule has 3 nitrogen and oxygen atoms in total. The quantitative estimate of drug-likeness (QED) is 0.758. The number of carbonyl (C=O) groups is 1. The molecule has 1 saturated carbocycles. The topological polar surface area (TPSA) is 31.2 Å². The summed E-state index contributed by atoms with van der Waals surface area (Å²) in [6.45, 7) is 5.53. The van der Waals surface area contributed by atoms with Crippen molar-refractivity contribution in [1.82, 2.24) is 4.57 Å². The molecule has 3 heteroatoms. The Kier molecular flexibility index (Phi) is 4.74. The van der Waals surface area contributed by atoms with E-state index in [9.17, 15) is 4.79 Å². The molecule has 23 heavy (non-hydrogen) atoms. The number of ether oxygens (including phenoxy) is 1. The van der Waals surface area contributed by atoms with E-state index in [1.165, 1.54) is 44.0 Å². The molecule has 0 amide bonds. The standard InChI is InChI=1S/C20H27NO2/c1-4-21-18(11-15-7-5-14(2)6-8-15)13-17-12-16(20(22)23-3)9-10-19(17)21/h9-10,12-15H,4-8,11H2,1-3H3. The van der Waals surface area contributed by atoms with E-state index in [4.69, 9.17) is 4.74 Å². The average molecular weight is 313 g/mol. The number of benzene rings is 1. The first-order valence-electron chi connectivity index (χ1n) is 8.82. The second-order valence-corrected chi connectivity index (χ2v) is 6.98. The van der Waals surface area contributed by atoms with Crippen molar-refractivity contribution in [2.24, 2.45) is 11.8 Å². The van der Waals surface area contributed by atoms with E-state index in [0.717, 1.165) is 30.2 Å². The zero-order valence-corrected chi connectivity index (χ0v) is 14.5. The highest BCUT2D eigenvalue weighted by Gasteiger charge is 2.20. The molecule has 0 atom stereocenters. The zero-order valence-electron chi connectivity index (χ0n) is 14.5. The fourth-order valence-electron chi connectivity index (χ4n) is 3.94. The summed E-state index contributed by atoms with van der Waals surface area (Å²) in [6, 6.07) is 8.15. The molecule has 0 spiro atoms. The van der Waals surface area contributed by atoms with E-state index in [1.54, 1.807) is 0 Å². The minimum Gasteiger partial charge on any atom is -0.465 e. The second-order valence-electron chi connectivity index (χ2n) is 6.98. The molecule has 1 aliphatic carbocycles. The lowest BCUT2D eigenvalue weighted by atomic mass is 9.81. The third-order valence-electron chi connectivity index (χ3n) is 5.36. The SMILES string of the molecule is CCn1c(CC2CCC(C)CC2)cc2cc(C(=O)OC)ccc21. The lowest BCUT2D eigenvalue weighted by molar-refractivity contribution is 0.0601. The van der Waals surface area contributed by atoms with Gasteiger partial charge in [-0.15, -0.1) is 0 Å². The number of methoxy groups -OCH3 is 1. The molecular formula is C20H27NO2. The number of fused-ring (bicyclic) bond motifs is 1. The molecule has 0 N–H and O–H groups in total. The fourth-order valence-corrected chi connectivity index (χ4v) is 3.94. The Balaban J connectivity index is 1.89. The zero-order chi connectivity index (χ0) is 16.4. The Morgan fingerprint density at radius 3 is 2.61 bits per heavy atom. The summed E-state index contributed by atoms with van der Waals surface area (Å²) >= 11 is 0. The van der Waals surface area contributed by atoms with Crippen LogP contribution in [0.15, 0.2) is 24.3 Å². The van der Waals surface area contributed by atoms with Gasteiger partial charge in [0, 0.05) is 23.1 Å². The van der Waals surface area contributed by atoms with Crippen molar-refractivity contribution in [2.45, 2.75) is 52.5 Å². The minimum absolute atomic E-state index is 0.265. The molecule has 1 aliphatic rings. The van der Waals surface area contributed by atoms with Crippen molar-refractivity contribution in [2.75, 3.05) is 7.11 Å². The van der Waals surface area contributed by atoms with Crippen molar-refractivity contribution in [3.63, 3.8) is 0 Å². The maximum atomic E-state index is 11.7. The first kappa shape index (κ1) is 16.1. The van der Waals surface area contributed by atoms with Gasteiger partial charge in [0.05, 0.1) is 12.7 Å². The molecule has 0 saturated heterocycles. The summed E-state index contributed by atoms with van der Waals surface area (Å²) in [5, 5.41) is 1.15. The number of rotatable bonds is 4. The van der Waals surface area contributed by atoms with Crippen molar-refractivity contribution in [3.8, 4) is 0 Å². The molecule has 1 heterocycles. The molecule has 3 rings (SSSR count). The van der Waals surface area contributed by atoms with E-state index in [1.807, 2.05) is 12.1 Å². The highest BCUT2D eigenvalue weighted by molar-refractivity contribution is 5.95. The van der Waals surface area contributed by atoms with Gasteiger partial charge < -0.3 is 9.30 Å². The van der Waals surface area contributed by atoms with Crippen molar-refractivity contribution >= 4 is 16.9 Å². The molecule has 0 aliphatic heterocycles. The summed E-state index contributed by atoms with van der Waals surface area (Å²) in [6.07, 6.45) is 6.58. The normalized spacial score (nSPS) is 21.5. The van der Waals surface area contributed by atoms with Crippen molar-refractivity contribution in [1.29, 1.82) is 0 Å². The van der Waals surface area contributed by atoms with E-state index in [2.05, 4.69) is 30.5 Å². The molecule has 1 fully saturated rings. The fraction of sp³-hybridized carbons (Fsp3) is 0.550. The van der Waals surface area contributed by atoms with Crippen LogP contribution in [0, 0.1) is 11.8 Å². The van der Waals surface area contributed by atoms with Crippen LogP contribution in [0.1, 0.15) is 55.6 Å². The summed E-state index contributed by atoms with van der Waals surface area (Å²) in [4.78, 5) is 11.7. The molecule has 1 aromatic carbocycles. The monoisotopic (exact) mass is 313 g/mol. The van der Waals surface area contributed by atoms with Gasteiger partial charge in [-0.05, 0) is 62.3 Å². The van der Waals surface area contributed by atoms with Crippen LogP contribution in [-0.4, -0.2) is 17.6 Å². The van der Waals surface area contributed by atoms with Gasteiger partial charge in [-0.3, -0.25) is 0 Å². The molecule has 0 unspecified atom stereocenters. The lowest BCUT2D eigenvalue weighted by Crippen LogP contribution is -2.16. The predicted octanol–water partition coefficient (Wildman–Crippen LogP) is 4.82. The van der Waals surface area contributed by atoms with E-state index in [0.29, 0.717) is 5.56 Å². The van der Waals surface area contributed by atoms with Crippen LogP contribution < -0.4 is 0 Å². The van der Waals surface area contributed by atoms with Gasteiger partial charge in [0.15, 0.2) is 0 Å². The Morgan fingerprint density at radius 2 is 1.96 bits per heavy atom. The van der Waals surface area contributed by atoms with Crippen molar-refractivity contribution in [3.05, 3.63) is 35.5 Å². The Labute approximate surface area is 138 Å². The van der Waals surface area contributed by atoms with Crippen molar-refractivity contribution < 1.29 is 9.53 Å². The molecule has 124 valence electrons. The molecule has 2 aromatic rings. The molecule has 0 bridgehead atoms. The van der Waals surface area contributed by atoms with Gasteiger partial charge in [-0.2, -0.15) is 0 Å². The number of hydrogen-bond acceptors (Lipinski definition) is 2. The van der Waals surface area contributed by atoms with Gasteiger partial charge >= 0.3 is 5.97 Å². The largest absolute Gasteiger partial charge is 0.465 e. The summed E-state index contributed by atoms with van der Waals surface area (Å²) in [7, 11) is 1.43. The van der Waals surface area contributed by atoms with Crippen LogP contribution in [0.5, 0.6) is 0 Å². The van der Waals surface area contributed by atoms with Crippen LogP contribution in [0.3, 0.4) is 0 Å². The second kappa shape index (κ2) is 6.77. The Bertz CT molecular complexity index is 693. The highest BCUT2D eigenvalue weighted by Crippen LogP contribution is 2.32. The van der Waals surface area contributed by atoms with E-state index >= 15 is 0 Å². The van der Waals surface area contributed by atoms with E-state index < -0.39 is 0 Å². The maximum Gasteiger partial charge on any atom is 0.337 e. The first-order chi connectivity index (χ1) is 11.1. The minimum atomic E-state index is -0.265. The van der Waals surface area contributed by atoms with E-state index in [-0.39, 0.29) is 5.97 Å². The highest BCUT2D eigenvalue weighted by atomic mass is 16.5. The van der Waals surface area contributed by atoms with Gasteiger partial charge in [0.1, 0.15) is 0 Å². The Hall–Kier alpha value is -1.77. The van der Waals surface area contributed by atoms with Crippen LogP contribution in [-0.2, 0) is 17.7 Å². The Morgan fingerprint density at radius 1 is 1.22 bits per heavy atom. The van der Waals surface area contributed by atoms with Gasteiger partial charge in [-0.25, -0.2) is 4.79 Å². The summed E-state index contributed by atoms with van der Waals surface area (Å²) in [5.41, 5.74) is 3.26. The number of aryl methyl sites for hydroxylation is 1. The van der Waals surface area contributed by atoms with Gasteiger partial charge in [-0.1, -0.05) is 19.8 Å². The summed E-state index contributed by atoms with van der Waals surface area (Å²) < 4.78 is 7.23. The van der Waals surface area contributed by atoms with Crippen LogP contribution in [0.25, 0.3) is 10.9 Å². The third-order valence-corrected chi connectivity index (χ3v) is 5.36. The van der Waals surface area contributed by atoms with Gasteiger partial charge in [0.25, 0.3) is 0 Å². The predicted molar refractivity (Wildman–Crippen MR) is 93.8 cm³/mol. The molecule has 0 radical (unpaired) electrons. The number of hydrogen-bond donors (Lipinski definition) is 0. The van der Waals surface area contributed by atoms with Crippen LogP contribution in [0.2, 0.25) is 0 Å². The molecule has 1 aromatic heterocycles. The van der Waals surface area contributed by atoms with Gasteiger partial charge in [0.2, 0.25) is 0 Å². The third kappa shape index (κ3) is 3.29. The number of carbonyl (C=O) groups excluding carboxylic acids is 1. The first-order valence-corrected chi connectivity index (χ1v) is 8.82. The van der Waals surface area contributed by atoms with Crippen LogP contribution in [0.4, 0.5) is 0 Å².